The van der Waals surface area contributed by atoms with Gasteiger partial charge < -0.3 is 18.9 Å². The van der Waals surface area contributed by atoms with Crippen molar-refractivity contribution in [3.63, 3.8) is 0 Å². The Kier molecular flexibility index (Phi) is 8.23. The maximum atomic E-state index is 6.25. The van der Waals surface area contributed by atoms with Gasteiger partial charge in [0.15, 0.2) is 0 Å². The third kappa shape index (κ3) is 6.43. The van der Waals surface area contributed by atoms with Crippen LogP contribution in [-0.2, 0) is 13.0 Å². The summed E-state index contributed by atoms with van der Waals surface area (Å²) in [6.45, 7) is 7.83. The highest BCUT2D eigenvalue weighted by Crippen LogP contribution is 2.39. The van der Waals surface area contributed by atoms with Crippen molar-refractivity contribution < 1.29 is 18.9 Å². The molecular weight excluding hydrogens is 448 g/mol. The van der Waals surface area contributed by atoms with E-state index in [9.17, 15) is 0 Å². The van der Waals surface area contributed by atoms with Crippen molar-refractivity contribution in [2.75, 3.05) is 13.2 Å². The molecule has 0 saturated carbocycles. The smallest absolute Gasteiger partial charge is 0.145 e. The van der Waals surface area contributed by atoms with Crippen molar-refractivity contribution in [1.29, 1.82) is 0 Å². The van der Waals surface area contributed by atoms with E-state index in [1.54, 1.807) is 0 Å². The molecule has 0 unspecified atom stereocenters. The van der Waals surface area contributed by atoms with Crippen molar-refractivity contribution in [2.24, 2.45) is 0 Å². The van der Waals surface area contributed by atoms with E-state index in [4.69, 9.17) is 25.4 Å². The van der Waals surface area contributed by atoms with Gasteiger partial charge in [-0.1, -0.05) is 55.7 Å². The van der Waals surface area contributed by atoms with Crippen molar-refractivity contribution in [2.45, 2.75) is 52.2 Å². The maximum absolute atomic E-state index is 6.25. The van der Waals surface area contributed by atoms with Gasteiger partial charge in [0.1, 0.15) is 35.2 Å². The number of ether oxygens (including phenoxy) is 4. The predicted octanol–water partition coefficient (Wildman–Crippen LogP) is 7.23. The molecule has 1 aliphatic heterocycles. The summed E-state index contributed by atoms with van der Waals surface area (Å²) in [6.07, 6.45) is 12.6. The maximum Gasteiger partial charge on any atom is 0.145 e. The molecule has 4 heteroatoms. The summed E-state index contributed by atoms with van der Waals surface area (Å²) in [5.41, 5.74) is 3.43. The molecule has 1 aliphatic rings. The first kappa shape index (κ1) is 25.3. The molecule has 0 bridgehead atoms. The van der Waals surface area contributed by atoms with Crippen LogP contribution in [0.15, 0.2) is 66.7 Å². The van der Waals surface area contributed by atoms with Gasteiger partial charge in [0, 0.05) is 12.5 Å². The van der Waals surface area contributed by atoms with Crippen molar-refractivity contribution >= 4 is 6.08 Å². The monoisotopic (exact) mass is 482 g/mol. The second kappa shape index (κ2) is 11.7. The molecule has 186 valence electrons. The molecule has 0 radical (unpaired) electrons. The lowest BCUT2D eigenvalue weighted by Gasteiger charge is -2.29. The third-order valence-corrected chi connectivity index (χ3v) is 6.00. The largest absolute Gasteiger partial charge is 0.493 e. The van der Waals surface area contributed by atoms with Crippen molar-refractivity contribution in [3.05, 3.63) is 89.0 Å². The molecular formula is C32H34O4. The van der Waals surface area contributed by atoms with Crippen LogP contribution in [0.2, 0.25) is 0 Å². The number of benzene rings is 3. The Morgan fingerprint density at radius 1 is 0.944 bits per heavy atom. The van der Waals surface area contributed by atoms with E-state index in [-0.39, 0.29) is 5.60 Å². The first-order valence-corrected chi connectivity index (χ1v) is 12.6. The van der Waals surface area contributed by atoms with Crippen LogP contribution in [0.5, 0.6) is 23.0 Å². The summed E-state index contributed by atoms with van der Waals surface area (Å²) in [5.74, 6) is 5.81. The molecule has 0 saturated heterocycles. The van der Waals surface area contributed by atoms with Gasteiger partial charge in [0.25, 0.3) is 0 Å². The van der Waals surface area contributed by atoms with E-state index in [2.05, 4.69) is 31.0 Å². The Morgan fingerprint density at radius 3 is 2.56 bits per heavy atom. The van der Waals surface area contributed by atoms with Gasteiger partial charge in [0.05, 0.1) is 24.3 Å². The Morgan fingerprint density at radius 2 is 1.78 bits per heavy atom. The second-order valence-corrected chi connectivity index (χ2v) is 9.38. The lowest BCUT2D eigenvalue weighted by Crippen LogP contribution is -2.27. The number of rotatable bonds is 11. The normalized spacial score (nSPS) is 13.3. The summed E-state index contributed by atoms with van der Waals surface area (Å²) in [6, 6.07) is 19.9. The lowest BCUT2D eigenvalue weighted by molar-refractivity contribution is 0.158. The molecule has 4 rings (SSSR count). The van der Waals surface area contributed by atoms with E-state index < -0.39 is 0 Å². The average Bonchev–Trinajstić information content (AvgIpc) is 2.88. The molecule has 0 amide bonds. The third-order valence-electron chi connectivity index (χ3n) is 6.00. The van der Waals surface area contributed by atoms with Crippen LogP contribution in [0.4, 0.5) is 0 Å². The van der Waals surface area contributed by atoms with E-state index in [1.165, 1.54) is 0 Å². The molecule has 3 aromatic rings. The standard InChI is InChI=1S/C32H34O4/c1-5-7-20-33-30-22-27(35-23-24-11-9-8-10-12-24)15-13-26(30)18-21-34-31-25(6-2)14-16-29-28(31)17-19-32(3,4)36-29/h2,8-17,19,22H,5,7,18,20-21,23H2,1,3-4H3. The second-order valence-electron chi connectivity index (χ2n) is 9.38. The fraction of sp³-hybridized carbons (Fsp3) is 0.312. The minimum absolute atomic E-state index is 0.364. The zero-order chi connectivity index (χ0) is 25.4. The van der Waals surface area contributed by atoms with Gasteiger partial charge in [-0.05, 0) is 61.7 Å². The Labute approximate surface area is 214 Å². The summed E-state index contributed by atoms with van der Waals surface area (Å²) >= 11 is 0. The van der Waals surface area contributed by atoms with Crippen LogP contribution in [0, 0.1) is 12.3 Å². The van der Waals surface area contributed by atoms with Crippen LogP contribution >= 0.6 is 0 Å². The molecule has 0 aromatic heterocycles. The SMILES string of the molecule is C#Cc1ccc2c(c1OCCc1ccc(OCc3ccccc3)cc1OCCCC)C=CC(C)(C)O2. The average molecular weight is 483 g/mol. The summed E-state index contributed by atoms with van der Waals surface area (Å²) in [7, 11) is 0. The minimum atomic E-state index is -0.364. The fourth-order valence-electron chi connectivity index (χ4n) is 3.99. The molecule has 0 atom stereocenters. The highest BCUT2D eigenvalue weighted by molar-refractivity contribution is 5.71. The van der Waals surface area contributed by atoms with Gasteiger partial charge in [-0.2, -0.15) is 0 Å². The van der Waals surface area contributed by atoms with Crippen molar-refractivity contribution in [3.8, 4) is 35.3 Å². The zero-order valence-electron chi connectivity index (χ0n) is 21.4. The Hall–Kier alpha value is -3.84. The molecule has 3 aromatic carbocycles. The number of hydrogen-bond donors (Lipinski definition) is 0. The van der Waals surface area contributed by atoms with Gasteiger partial charge >= 0.3 is 0 Å². The first-order chi connectivity index (χ1) is 17.5. The number of hydrogen-bond acceptors (Lipinski definition) is 4. The molecule has 0 fully saturated rings. The number of fused-ring (bicyclic) bond motifs is 1. The van der Waals surface area contributed by atoms with E-state index in [0.29, 0.717) is 37.6 Å². The minimum Gasteiger partial charge on any atom is -0.493 e. The molecule has 0 aliphatic carbocycles. The van der Waals surface area contributed by atoms with Gasteiger partial charge in [-0.3, -0.25) is 0 Å². The molecule has 1 heterocycles. The molecule has 0 N–H and O–H groups in total. The van der Waals surface area contributed by atoms with E-state index in [1.807, 2.05) is 68.5 Å². The first-order valence-electron chi connectivity index (χ1n) is 12.6. The van der Waals surface area contributed by atoms with Crippen LogP contribution < -0.4 is 18.9 Å². The van der Waals surface area contributed by atoms with Crippen LogP contribution in [0.25, 0.3) is 6.08 Å². The highest BCUT2D eigenvalue weighted by atomic mass is 16.5. The van der Waals surface area contributed by atoms with Crippen molar-refractivity contribution in [1.82, 2.24) is 0 Å². The van der Waals surface area contributed by atoms with Gasteiger partial charge in [-0.25, -0.2) is 0 Å². The quantitative estimate of drug-likeness (QED) is 0.213. The Bertz CT molecular complexity index is 1240. The predicted molar refractivity (Wildman–Crippen MR) is 145 cm³/mol. The van der Waals surface area contributed by atoms with Crippen LogP contribution in [0.1, 0.15) is 55.9 Å². The Balaban J connectivity index is 1.47. The summed E-state index contributed by atoms with van der Waals surface area (Å²) in [5, 5.41) is 0. The summed E-state index contributed by atoms with van der Waals surface area (Å²) in [4.78, 5) is 0. The van der Waals surface area contributed by atoms with E-state index in [0.717, 1.165) is 46.8 Å². The lowest BCUT2D eigenvalue weighted by atomic mass is 9.99. The topological polar surface area (TPSA) is 36.9 Å². The molecule has 36 heavy (non-hydrogen) atoms. The van der Waals surface area contributed by atoms with Crippen LogP contribution in [0.3, 0.4) is 0 Å². The van der Waals surface area contributed by atoms with Gasteiger partial charge in [-0.15, -0.1) is 6.42 Å². The number of unbranched alkanes of at least 4 members (excludes halogenated alkanes) is 1. The van der Waals surface area contributed by atoms with Gasteiger partial charge in [0.2, 0.25) is 0 Å². The highest BCUT2D eigenvalue weighted by Gasteiger charge is 2.25. The summed E-state index contributed by atoms with van der Waals surface area (Å²) < 4.78 is 24.5. The fourth-order valence-corrected chi connectivity index (χ4v) is 3.99. The van der Waals surface area contributed by atoms with E-state index >= 15 is 0 Å². The zero-order valence-corrected chi connectivity index (χ0v) is 21.4. The molecule has 4 nitrogen and oxygen atoms in total. The van der Waals surface area contributed by atoms with Crippen LogP contribution in [-0.4, -0.2) is 18.8 Å². The number of terminal acetylenes is 1. The molecule has 0 spiro atoms.